The van der Waals surface area contributed by atoms with E-state index in [0.29, 0.717) is 23.9 Å². The van der Waals surface area contributed by atoms with Crippen LogP contribution in [0.3, 0.4) is 0 Å². The Morgan fingerprint density at radius 2 is 2.03 bits per heavy atom. The van der Waals surface area contributed by atoms with Crippen LogP contribution in [0.2, 0.25) is 0 Å². The van der Waals surface area contributed by atoms with E-state index in [9.17, 15) is 4.79 Å². The molecule has 6 nitrogen and oxygen atoms in total. The molecule has 29 heavy (non-hydrogen) atoms. The van der Waals surface area contributed by atoms with Crippen LogP contribution in [0.4, 0.5) is 0 Å². The van der Waals surface area contributed by atoms with E-state index in [-0.39, 0.29) is 11.9 Å². The minimum atomic E-state index is -0.190. The molecule has 0 aliphatic carbocycles. The number of carbonyl (C=O) groups excluding carboxylic acids is 1. The van der Waals surface area contributed by atoms with E-state index >= 15 is 0 Å². The van der Waals surface area contributed by atoms with Crippen molar-refractivity contribution in [3.63, 3.8) is 0 Å². The number of aryl methyl sites for hydroxylation is 1. The van der Waals surface area contributed by atoms with Crippen LogP contribution < -0.4 is 4.74 Å². The summed E-state index contributed by atoms with van der Waals surface area (Å²) in [6, 6.07) is 15.2. The van der Waals surface area contributed by atoms with Crippen molar-refractivity contribution in [3.05, 3.63) is 65.5 Å². The van der Waals surface area contributed by atoms with E-state index in [0.717, 1.165) is 37.0 Å². The zero-order chi connectivity index (χ0) is 20.2. The molecule has 3 aromatic rings. The molecule has 1 fully saturated rings. The van der Waals surface area contributed by atoms with Crippen LogP contribution >= 0.6 is 0 Å². The number of ether oxygens (including phenoxy) is 1. The monoisotopic (exact) mass is 391 g/mol. The number of likely N-dealkylation sites (tertiary alicyclic amines) is 1. The van der Waals surface area contributed by atoms with E-state index in [1.54, 1.807) is 7.11 Å². The van der Waals surface area contributed by atoms with Gasteiger partial charge < -0.3 is 14.1 Å². The molecule has 2 aromatic carbocycles. The minimum absolute atomic E-state index is 0.0108. The Morgan fingerprint density at radius 1 is 1.21 bits per heavy atom. The van der Waals surface area contributed by atoms with Crippen LogP contribution in [0.5, 0.6) is 5.75 Å². The fraction of sp³-hybridized carbons (Fsp3) is 0.348. The van der Waals surface area contributed by atoms with E-state index < -0.39 is 0 Å². The van der Waals surface area contributed by atoms with Gasteiger partial charge in [-0.25, -0.2) is 0 Å². The largest absolute Gasteiger partial charge is 0.497 e. The van der Waals surface area contributed by atoms with Gasteiger partial charge in [0.25, 0.3) is 5.91 Å². The lowest BCUT2D eigenvalue weighted by Gasteiger charge is -2.22. The highest BCUT2D eigenvalue weighted by atomic mass is 16.5. The van der Waals surface area contributed by atoms with Gasteiger partial charge in [0.1, 0.15) is 11.8 Å². The van der Waals surface area contributed by atoms with Crippen molar-refractivity contribution in [2.24, 2.45) is 0 Å². The number of hydrogen-bond acceptors (Lipinski definition) is 5. The first-order valence-electron chi connectivity index (χ1n) is 10.1. The summed E-state index contributed by atoms with van der Waals surface area (Å²) in [5.74, 6) is 1.65. The lowest BCUT2D eigenvalue weighted by Crippen LogP contribution is -2.30. The molecule has 1 unspecified atom stereocenters. The fourth-order valence-corrected chi connectivity index (χ4v) is 3.78. The molecular formula is C23H25N3O3. The highest BCUT2D eigenvalue weighted by Crippen LogP contribution is 2.34. The maximum Gasteiger partial charge on any atom is 0.254 e. The summed E-state index contributed by atoms with van der Waals surface area (Å²) >= 11 is 0. The zero-order valence-corrected chi connectivity index (χ0v) is 16.8. The van der Waals surface area contributed by atoms with Crippen molar-refractivity contribution >= 4 is 5.91 Å². The second-order valence-corrected chi connectivity index (χ2v) is 7.28. The Labute approximate surface area is 170 Å². The molecule has 6 heteroatoms. The molecule has 0 N–H and O–H groups in total. The summed E-state index contributed by atoms with van der Waals surface area (Å²) in [5.41, 5.74) is 2.75. The number of benzene rings is 2. The Morgan fingerprint density at radius 3 is 2.79 bits per heavy atom. The molecule has 0 radical (unpaired) electrons. The average Bonchev–Trinajstić information content (AvgIpc) is 3.43. The van der Waals surface area contributed by atoms with Crippen LogP contribution in [0, 0.1) is 0 Å². The van der Waals surface area contributed by atoms with E-state index in [2.05, 4.69) is 17.1 Å². The lowest BCUT2D eigenvalue weighted by atomic mass is 10.1. The Kier molecular flexibility index (Phi) is 5.60. The Bertz CT molecular complexity index is 981. The standard InChI is InChI=1S/C23H25N3O3/c1-3-6-16-10-12-17(13-11-16)23(27)26-14-5-9-20(26)22-25-24-21(29-22)18-7-4-8-19(15-18)28-2/h4,7-8,10-13,15,20H,3,5-6,9,14H2,1-2H3. The average molecular weight is 391 g/mol. The first-order valence-corrected chi connectivity index (χ1v) is 10.1. The molecule has 4 rings (SSSR count). The van der Waals surface area contributed by atoms with Gasteiger partial charge in [-0.1, -0.05) is 31.5 Å². The summed E-state index contributed by atoms with van der Waals surface area (Å²) in [5, 5.41) is 8.44. The number of nitrogens with zero attached hydrogens (tertiary/aromatic N) is 3. The molecule has 1 amide bonds. The zero-order valence-electron chi connectivity index (χ0n) is 16.8. The van der Waals surface area contributed by atoms with Gasteiger partial charge in [0, 0.05) is 17.7 Å². The maximum absolute atomic E-state index is 13.1. The van der Waals surface area contributed by atoms with Crippen molar-refractivity contribution in [1.82, 2.24) is 15.1 Å². The summed E-state index contributed by atoms with van der Waals surface area (Å²) < 4.78 is 11.2. The molecule has 1 aliphatic rings. The predicted molar refractivity (Wildman–Crippen MR) is 110 cm³/mol. The number of rotatable bonds is 6. The van der Waals surface area contributed by atoms with Crippen molar-refractivity contribution in [2.75, 3.05) is 13.7 Å². The first-order chi connectivity index (χ1) is 14.2. The SMILES string of the molecule is CCCc1ccc(C(=O)N2CCCC2c2nnc(-c3cccc(OC)c3)o2)cc1. The summed E-state index contributed by atoms with van der Waals surface area (Å²) in [7, 11) is 1.62. The molecule has 1 atom stereocenters. The number of methoxy groups -OCH3 is 1. The van der Waals surface area contributed by atoms with Crippen LogP contribution in [0.25, 0.3) is 11.5 Å². The van der Waals surface area contributed by atoms with Gasteiger partial charge in [-0.2, -0.15) is 0 Å². The summed E-state index contributed by atoms with van der Waals surface area (Å²) in [4.78, 5) is 14.9. The Balaban J connectivity index is 1.54. The van der Waals surface area contributed by atoms with Crippen LogP contribution in [-0.4, -0.2) is 34.7 Å². The van der Waals surface area contributed by atoms with Crippen molar-refractivity contribution in [2.45, 2.75) is 38.6 Å². The van der Waals surface area contributed by atoms with Gasteiger partial charge in [0.15, 0.2) is 0 Å². The van der Waals surface area contributed by atoms with E-state index in [4.69, 9.17) is 9.15 Å². The lowest BCUT2D eigenvalue weighted by molar-refractivity contribution is 0.0716. The number of aromatic nitrogens is 2. The number of carbonyl (C=O) groups is 1. The van der Waals surface area contributed by atoms with Gasteiger partial charge in [0.2, 0.25) is 11.8 Å². The van der Waals surface area contributed by atoms with Gasteiger partial charge in [-0.3, -0.25) is 4.79 Å². The van der Waals surface area contributed by atoms with E-state index in [1.807, 2.05) is 53.4 Å². The molecule has 2 heterocycles. The third-order valence-corrected chi connectivity index (χ3v) is 5.30. The van der Waals surface area contributed by atoms with Crippen LogP contribution in [-0.2, 0) is 6.42 Å². The highest BCUT2D eigenvalue weighted by molar-refractivity contribution is 5.94. The molecule has 1 aromatic heterocycles. The Hall–Kier alpha value is -3.15. The molecule has 150 valence electrons. The van der Waals surface area contributed by atoms with Gasteiger partial charge in [0.05, 0.1) is 7.11 Å². The summed E-state index contributed by atoms with van der Waals surface area (Å²) in [6.07, 6.45) is 3.85. The van der Waals surface area contributed by atoms with Crippen molar-refractivity contribution < 1.29 is 13.9 Å². The molecule has 1 aliphatic heterocycles. The van der Waals surface area contributed by atoms with Crippen LogP contribution in [0.1, 0.15) is 54.0 Å². The smallest absolute Gasteiger partial charge is 0.254 e. The molecule has 0 bridgehead atoms. The third kappa shape index (κ3) is 4.01. The fourth-order valence-electron chi connectivity index (χ4n) is 3.78. The summed E-state index contributed by atoms with van der Waals surface area (Å²) in [6.45, 7) is 2.84. The van der Waals surface area contributed by atoms with Crippen molar-refractivity contribution in [3.8, 4) is 17.2 Å². The van der Waals surface area contributed by atoms with Gasteiger partial charge in [-0.05, 0) is 55.2 Å². The van der Waals surface area contributed by atoms with Crippen molar-refractivity contribution in [1.29, 1.82) is 0 Å². The topological polar surface area (TPSA) is 68.5 Å². The molecule has 0 saturated carbocycles. The van der Waals surface area contributed by atoms with Crippen LogP contribution in [0.15, 0.2) is 52.9 Å². The predicted octanol–water partition coefficient (Wildman–Crippen LogP) is 4.68. The quantitative estimate of drug-likeness (QED) is 0.610. The maximum atomic E-state index is 13.1. The van der Waals surface area contributed by atoms with Gasteiger partial charge >= 0.3 is 0 Å². The van der Waals surface area contributed by atoms with Gasteiger partial charge in [-0.15, -0.1) is 10.2 Å². The molecule has 1 saturated heterocycles. The number of hydrogen-bond donors (Lipinski definition) is 0. The highest BCUT2D eigenvalue weighted by Gasteiger charge is 2.34. The number of amides is 1. The molecular weight excluding hydrogens is 366 g/mol. The third-order valence-electron chi connectivity index (χ3n) is 5.30. The first kappa shape index (κ1) is 19.2. The second-order valence-electron chi connectivity index (χ2n) is 7.28. The normalized spacial score (nSPS) is 16.2. The molecule has 0 spiro atoms. The minimum Gasteiger partial charge on any atom is -0.497 e. The van der Waals surface area contributed by atoms with E-state index in [1.165, 1.54) is 5.56 Å². The second kappa shape index (κ2) is 8.47.